The molecule has 3 N–H and O–H groups in total. The largest absolute Gasteiger partial charge is 0.497 e. The molecule has 7 nitrogen and oxygen atoms in total. The lowest BCUT2D eigenvalue weighted by atomic mass is 10.1. The van der Waals surface area contributed by atoms with Crippen molar-refractivity contribution in [1.82, 2.24) is 10.6 Å². The van der Waals surface area contributed by atoms with Gasteiger partial charge in [-0.1, -0.05) is 19.1 Å². The highest BCUT2D eigenvalue weighted by Crippen LogP contribution is 2.17. The smallest absolute Gasteiger partial charge is 0.255 e. The third kappa shape index (κ3) is 5.85. The third-order valence-electron chi connectivity index (χ3n) is 3.75. The Morgan fingerprint density at radius 3 is 2.30 bits per heavy atom. The van der Waals surface area contributed by atoms with Crippen LogP contribution in [0.4, 0.5) is 5.69 Å². The maximum atomic E-state index is 12.4. The SMILES string of the molecule is CCCNC(=O)CNC(=O)c1ccccc1NC(=O)c1ccc(OC)cc1. The van der Waals surface area contributed by atoms with Gasteiger partial charge in [-0.05, 0) is 42.8 Å². The fourth-order valence-corrected chi connectivity index (χ4v) is 2.31. The number of carbonyl (C=O) groups excluding carboxylic acids is 3. The highest BCUT2D eigenvalue weighted by molar-refractivity contribution is 6.09. The van der Waals surface area contributed by atoms with Crippen molar-refractivity contribution >= 4 is 23.4 Å². The molecule has 2 rings (SSSR count). The van der Waals surface area contributed by atoms with Crippen LogP contribution in [0, 0.1) is 0 Å². The first-order chi connectivity index (χ1) is 13.0. The van der Waals surface area contributed by atoms with Crippen LogP contribution < -0.4 is 20.7 Å². The number of rotatable bonds is 8. The lowest BCUT2D eigenvalue weighted by molar-refractivity contribution is -0.120. The van der Waals surface area contributed by atoms with Crippen molar-refractivity contribution in [3.63, 3.8) is 0 Å². The minimum atomic E-state index is -0.438. The summed E-state index contributed by atoms with van der Waals surface area (Å²) in [5.41, 5.74) is 1.08. The van der Waals surface area contributed by atoms with Crippen LogP contribution in [0.2, 0.25) is 0 Å². The first-order valence-electron chi connectivity index (χ1n) is 8.64. The van der Waals surface area contributed by atoms with Gasteiger partial charge in [-0.25, -0.2) is 0 Å². The zero-order valence-corrected chi connectivity index (χ0v) is 15.4. The fraction of sp³-hybridized carbons (Fsp3) is 0.250. The number of anilines is 1. The Morgan fingerprint density at radius 1 is 0.926 bits per heavy atom. The third-order valence-corrected chi connectivity index (χ3v) is 3.75. The summed E-state index contributed by atoms with van der Waals surface area (Å²) in [6.45, 7) is 2.38. The van der Waals surface area contributed by atoms with Crippen LogP contribution in [0.1, 0.15) is 34.1 Å². The van der Waals surface area contributed by atoms with Gasteiger partial charge in [-0.2, -0.15) is 0 Å². The summed E-state index contributed by atoms with van der Waals surface area (Å²) in [6.07, 6.45) is 0.819. The number of benzene rings is 2. The molecule has 0 bridgehead atoms. The molecule has 0 aromatic heterocycles. The molecule has 0 aliphatic heterocycles. The van der Waals surface area contributed by atoms with Crippen molar-refractivity contribution in [2.45, 2.75) is 13.3 Å². The minimum Gasteiger partial charge on any atom is -0.497 e. The molecule has 0 saturated heterocycles. The van der Waals surface area contributed by atoms with E-state index in [1.165, 1.54) is 0 Å². The van der Waals surface area contributed by atoms with Gasteiger partial charge in [0.15, 0.2) is 0 Å². The van der Waals surface area contributed by atoms with Gasteiger partial charge in [-0.15, -0.1) is 0 Å². The van der Waals surface area contributed by atoms with E-state index in [1.54, 1.807) is 55.6 Å². The average molecular weight is 369 g/mol. The summed E-state index contributed by atoms with van der Waals surface area (Å²) in [4.78, 5) is 36.4. The Labute approximate surface area is 158 Å². The lowest BCUT2D eigenvalue weighted by Gasteiger charge is -2.12. The monoisotopic (exact) mass is 369 g/mol. The second kappa shape index (κ2) is 9.96. The topological polar surface area (TPSA) is 96.5 Å². The quantitative estimate of drug-likeness (QED) is 0.665. The van der Waals surface area contributed by atoms with E-state index in [1.807, 2.05) is 6.92 Å². The second-order valence-electron chi connectivity index (χ2n) is 5.76. The van der Waals surface area contributed by atoms with Gasteiger partial charge < -0.3 is 20.7 Å². The van der Waals surface area contributed by atoms with Crippen LogP contribution in [0.25, 0.3) is 0 Å². The summed E-state index contributed by atoms with van der Waals surface area (Å²) in [7, 11) is 1.55. The van der Waals surface area contributed by atoms with E-state index >= 15 is 0 Å². The Bertz CT molecular complexity index is 803. The molecule has 142 valence electrons. The average Bonchev–Trinajstić information content (AvgIpc) is 2.70. The maximum Gasteiger partial charge on any atom is 0.255 e. The number of nitrogens with one attached hydrogen (secondary N) is 3. The van der Waals surface area contributed by atoms with E-state index in [0.717, 1.165) is 6.42 Å². The van der Waals surface area contributed by atoms with Gasteiger partial charge in [0.25, 0.3) is 11.8 Å². The van der Waals surface area contributed by atoms with Crippen molar-refractivity contribution in [3.05, 3.63) is 59.7 Å². The van der Waals surface area contributed by atoms with Crippen molar-refractivity contribution in [2.75, 3.05) is 25.5 Å². The van der Waals surface area contributed by atoms with E-state index in [2.05, 4.69) is 16.0 Å². The Kier molecular flexibility index (Phi) is 7.37. The molecule has 0 saturated carbocycles. The number of ether oxygens (including phenoxy) is 1. The second-order valence-corrected chi connectivity index (χ2v) is 5.76. The molecule has 0 spiro atoms. The predicted molar refractivity (Wildman–Crippen MR) is 103 cm³/mol. The number of carbonyl (C=O) groups is 3. The highest BCUT2D eigenvalue weighted by Gasteiger charge is 2.15. The number of amides is 3. The molecule has 7 heteroatoms. The van der Waals surface area contributed by atoms with Gasteiger partial charge in [-0.3, -0.25) is 14.4 Å². The molecule has 0 aliphatic carbocycles. The molecular weight excluding hydrogens is 346 g/mol. The molecule has 0 fully saturated rings. The molecule has 3 amide bonds. The molecule has 0 radical (unpaired) electrons. The van der Waals surface area contributed by atoms with Crippen LogP contribution in [-0.2, 0) is 4.79 Å². The Hall–Kier alpha value is -3.35. The summed E-state index contributed by atoms with van der Waals surface area (Å²) >= 11 is 0. The van der Waals surface area contributed by atoms with Gasteiger partial charge in [0.2, 0.25) is 5.91 Å². The summed E-state index contributed by atoms with van der Waals surface area (Å²) in [5, 5.41) is 7.97. The van der Waals surface area contributed by atoms with E-state index in [-0.39, 0.29) is 23.9 Å². The van der Waals surface area contributed by atoms with Crippen LogP contribution in [0.15, 0.2) is 48.5 Å². The normalized spacial score (nSPS) is 10.0. The van der Waals surface area contributed by atoms with E-state index in [9.17, 15) is 14.4 Å². The van der Waals surface area contributed by atoms with Crippen LogP contribution in [0.3, 0.4) is 0 Å². The standard InChI is InChI=1S/C20H23N3O4/c1-3-12-21-18(24)13-22-20(26)16-6-4-5-7-17(16)23-19(25)14-8-10-15(27-2)11-9-14/h4-11H,3,12-13H2,1-2H3,(H,21,24)(H,22,26)(H,23,25). The molecule has 0 unspecified atom stereocenters. The Balaban J connectivity index is 2.04. The summed E-state index contributed by atoms with van der Waals surface area (Å²) in [6, 6.07) is 13.3. The van der Waals surface area contributed by atoms with E-state index in [0.29, 0.717) is 23.5 Å². The lowest BCUT2D eigenvalue weighted by Crippen LogP contribution is -2.37. The maximum absolute atomic E-state index is 12.4. The van der Waals surface area contributed by atoms with E-state index in [4.69, 9.17) is 4.74 Å². The first kappa shape index (κ1) is 20.0. The number of para-hydroxylation sites is 1. The molecule has 0 aliphatic rings. The van der Waals surface area contributed by atoms with Crippen LogP contribution in [0.5, 0.6) is 5.75 Å². The van der Waals surface area contributed by atoms with Gasteiger partial charge >= 0.3 is 0 Å². The molecular formula is C20H23N3O4. The van der Waals surface area contributed by atoms with Crippen LogP contribution >= 0.6 is 0 Å². The number of hydrogen-bond donors (Lipinski definition) is 3. The van der Waals surface area contributed by atoms with Crippen LogP contribution in [-0.4, -0.2) is 37.9 Å². The number of methoxy groups -OCH3 is 1. The number of hydrogen-bond acceptors (Lipinski definition) is 4. The zero-order chi connectivity index (χ0) is 19.6. The van der Waals surface area contributed by atoms with Crippen molar-refractivity contribution in [2.24, 2.45) is 0 Å². The van der Waals surface area contributed by atoms with Crippen molar-refractivity contribution in [1.29, 1.82) is 0 Å². The summed E-state index contributed by atoms with van der Waals surface area (Å²) < 4.78 is 5.07. The van der Waals surface area contributed by atoms with Crippen molar-refractivity contribution < 1.29 is 19.1 Å². The first-order valence-corrected chi connectivity index (χ1v) is 8.64. The molecule has 2 aromatic carbocycles. The highest BCUT2D eigenvalue weighted by atomic mass is 16.5. The van der Waals surface area contributed by atoms with Gasteiger partial charge in [0, 0.05) is 12.1 Å². The predicted octanol–water partition coefficient (Wildman–Crippen LogP) is 2.20. The molecule has 27 heavy (non-hydrogen) atoms. The molecule has 2 aromatic rings. The van der Waals surface area contributed by atoms with Gasteiger partial charge in [0.05, 0.1) is 24.9 Å². The van der Waals surface area contributed by atoms with E-state index < -0.39 is 5.91 Å². The molecule has 0 heterocycles. The van der Waals surface area contributed by atoms with Gasteiger partial charge in [0.1, 0.15) is 5.75 Å². The fourth-order valence-electron chi connectivity index (χ4n) is 2.31. The minimum absolute atomic E-state index is 0.125. The zero-order valence-electron chi connectivity index (χ0n) is 15.4. The Morgan fingerprint density at radius 2 is 1.63 bits per heavy atom. The summed E-state index contributed by atoms with van der Waals surface area (Å²) in [5.74, 6) is -0.400. The molecule has 0 atom stereocenters. The van der Waals surface area contributed by atoms with Crippen molar-refractivity contribution in [3.8, 4) is 5.75 Å².